The Hall–Kier alpha value is -1.89. The van der Waals surface area contributed by atoms with Gasteiger partial charge in [-0.25, -0.2) is 4.79 Å². The minimum atomic E-state index is -0.456. The number of hydrogen-bond acceptors (Lipinski definition) is 4. The molecule has 2 aliphatic rings. The lowest BCUT2D eigenvalue weighted by Crippen LogP contribution is -2.44. The number of rotatable bonds is 6. The van der Waals surface area contributed by atoms with E-state index < -0.39 is 5.97 Å². The number of likely N-dealkylation sites (tertiary alicyclic amines) is 1. The Bertz CT molecular complexity index is 733. The lowest BCUT2D eigenvalue weighted by Gasteiger charge is -2.32. The number of nitrogens with zero attached hydrogens (tertiary/aromatic N) is 1. The zero-order chi connectivity index (χ0) is 19.4. The van der Waals surface area contributed by atoms with Crippen LogP contribution in [0.1, 0.15) is 49.4 Å². The Kier molecular flexibility index (Phi) is 6.52. The Balaban J connectivity index is 1.67. The van der Waals surface area contributed by atoms with Crippen LogP contribution in [0.4, 0.5) is 5.69 Å². The average molecular weight is 437 g/mol. The first-order valence-corrected chi connectivity index (χ1v) is 10.3. The van der Waals surface area contributed by atoms with Gasteiger partial charge in [0.15, 0.2) is 0 Å². The number of halogens is 1. The van der Waals surface area contributed by atoms with E-state index in [0.29, 0.717) is 24.4 Å². The Morgan fingerprint density at radius 1 is 1.22 bits per heavy atom. The molecule has 1 aliphatic carbocycles. The van der Waals surface area contributed by atoms with Crippen LogP contribution in [-0.4, -0.2) is 42.4 Å². The summed E-state index contributed by atoms with van der Waals surface area (Å²) in [6, 6.07) is 5.12. The zero-order valence-corrected chi connectivity index (χ0v) is 17.1. The molecule has 1 atom stereocenters. The molecule has 146 valence electrons. The highest BCUT2D eigenvalue weighted by molar-refractivity contribution is 9.10. The summed E-state index contributed by atoms with van der Waals surface area (Å²) in [5.41, 5.74) is 0.767. The number of benzene rings is 1. The third-order valence-electron chi connectivity index (χ3n) is 4.93. The summed E-state index contributed by atoms with van der Waals surface area (Å²) >= 11 is 3.35. The van der Waals surface area contributed by atoms with Crippen molar-refractivity contribution in [2.75, 3.05) is 25.0 Å². The second-order valence-corrected chi connectivity index (χ2v) is 8.13. The Labute approximate surface area is 167 Å². The van der Waals surface area contributed by atoms with E-state index in [0.717, 1.165) is 43.1 Å². The minimum absolute atomic E-state index is 0.157. The van der Waals surface area contributed by atoms with E-state index in [4.69, 9.17) is 4.74 Å². The summed E-state index contributed by atoms with van der Waals surface area (Å²) in [6.45, 7) is 3.44. The summed E-state index contributed by atoms with van der Waals surface area (Å²) in [5, 5.41) is 2.87. The fourth-order valence-corrected chi connectivity index (χ4v) is 3.64. The van der Waals surface area contributed by atoms with Gasteiger partial charge >= 0.3 is 5.97 Å². The van der Waals surface area contributed by atoms with Crippen LogP contribution in [0.5, 0.6) is 0 Å². The van der Waals surface area contributed by atoms with Crippen LogP contribution in [0.15, 0.2) is 22.7 Å². The van der Waals surface area contributed by atoms with Gasteiger partial charge in [0, 0.05) is 23.5 Å². The van der Waals surface area contributed by atoms with E-state index in [2.05, 4.69) is 21.2 Å². The van der Waals surface area contributed by atoms with Gasteiger partial charge in [0.2, 0.25) is 11.8 Å². The van der Waals surface area contributed by atoms with Gasteiger partial charge in [-0.2, -0.15) is 0 Å². The van der Waals surface area contributed by atoms with Gasteiger partial charge in [-0.05, 0) is 50.3 Å². The molecule has 1 saturated heterocycles. The molecule has 0 spiro atoms. The van der Waals surface area contributed by atoms with Gasteiger partial charge < -0.3 is 15.0 Å². The molecule has 1 N–H and O–H groups in total. The van der Waals surface area contributed by atoms with Crippen molar-refractivity contribution < 1.29 is 19.1 Å². The number of piperidine rings is 1. The van der Waals surface area contributed by atoms with Crippen LogP contribution < -0.4 is 5.32 Å². The first kappa shape index (κ1) is 19.9. The molecule has 1 aliphatic heterocycles. The highest BCUT2D eigenvalue weighted by Gasteiger charge is 2.36. The highest BCUT2D eigenvalue weighted by Crippen LogP contribution is 2.33. The molecule has 1 aromatic carbocycles. The molecule has 2 amide bonds. The molecule has 1 unspecified atom stereocenters. The van der Waals surface area contributed by atoms with Gasteiger partial charge in [-0.3, -0.25) is 9.59 Å². The molecule has 1 aromatic rings. The maximum Gasteiger partial charge on any atom is 0.340 e. The Morgan fingerprint density at radius 3 is 2.70 bits per heavy atom. The van der Waals surface area contributed by atoms with E-state index in [1.165, 1.54) is 0 Å². The molecule has 0 radical (unpaired) electrons. The van der Waals surface area contributed by atoms with Crippen molar-refractivity contribution in [2.24, 2.45) is 11.8 Å². The molecule has 27 heavy (non-hydrogen) atoms. The number of amides is 2. The molecule has 0 bridgehead atoms. The first-order chi connectivity index (χ1) is 13.0. The monoisotopic (exact) mass is 436 g/mol. The molecule has 6 nitrogen and oxygen atoms in total. The van der Waals surface area contributed by atoms with Crippen molar-refractivity contribution in [1.29, 1.82) is 0 Å². The second kappa shape index (κ2) is 8.87. The predicted molar refractivity (Wildman–Crippen MR) is 105 cm³/mol. The van der Waals surface area contributed by atoms with Crippen molar-refractivity contribution in [3.63, 3.8) is 0 Å². The van der Waals surface area contributed by atoms with Gasteiger partial charge in [0.05, 0.1) is 23.8 Å². The molecule has 1 heterocycles. The molecular formula is C20H25BrN2O4. The topological polar surface area (TPSA) is 75.7 Å². The predicted octanol–water partition coefficient (Wildman–Crippen LogP) is 3.60. The molecule has 3 rings (SSSR count). The van der Waals surface area contributed by atoms with Crippen LogP contribution in [0.3, 0.4) is 0 Å². The van der Waals surface area contributed by atoms with Gasteiger partial charge in [0.1, 0.15) is 0 Å². The lowest BCUT2D eigenvalue weighted by molar-refractivity contribution is -0.135. The molecule has 1 saturated carbocycles. The van der Waals surface area contributed by atoms with E-state index >= 15 is 0 Å². The normalized spacial score (nSPS) is 19.5. The second-order valence-electron chi connectivity index (χ2n) is 7.21. The SMILES string of the molecule is CCCOC(=O)c1cc(Br)ccc1NC(=O)C1CCCN(C(=O)C2CC2)C1. The van der Waals surface area contributed by atoms with E-state index in [-0.39, 0.29) is 23.7 Å². The van der Waals surface area contributed by atoms with Crippen LogP contribution in [0.25, 0.3) is 0 Å². The fraction of sp³-hybridized carbons (Fsp3) is 0.550. The van der Waals surface area contributed by atoms with Gasteiger partial charge in [-0.1, -0.05) is 22.9 Å². The summed E-state index contributed by atoms with van der Waals surface area (Å²) in [7, 11) is 0. The zero-order valence-electron chi connectivity index (χ0n) is 15.5. The summed E-state index contributed by atoms with van der Waals surface area (Å²) in [4.78, 5) is 39.2. The molecule has 0 aromatic heterocycles. The fourth-order valence-electron chi connectivity index (χ4n) is 3.28. The standard InChI is InChI=1S/C20H25BrN2O4/c1-2-10-27-20(26)16-11-15(21)7-8-17(16)22-18(24)14-4-3-9-23(12-14)19(25)13-5-6-13/h7-8,11,13-14H,2-6,9-10,12H2,1H3,(H,22,24). The third-order valence-corrected chi connectivity index (χ3v) is 5.42. The van der Waals surface area contributed by atoms with Crippen molar-refractivity contribution in [2.45, 2.75) is 39.0 Å². The molecule has 2 fully saturated rings. The van der Waals surface area contributed by atoms with Crippen LogP contribution >= 0.6 is 15.9 Å². The van der Waals surface area contributed by atoms with E-state index in [1.54, 1.807) is 18.2 Å². The van der Waals surface area contributed by atoms with Crippen LogP contribution in [-0.2, 0) is 14.3 Å². The van der Waals surface area contributed by atoms with Gasteiger partial charge in [0.25, 0.3) is 0 Å². The number of nitrogens with one attached hydrogen (secondary N) is 1. The van der Waals surface area contributed by atoms with Gasteiger partial charge in [-0.15, -0.1) is 0 Å². The number of hydrogen-bond donors (Lipinski definition) is 1. The van der Waals surface area contributed by atoms with Crippen molar-refractivity contribution in [3.8, 4) is 0 Å². The smallest absolute Gasteiger partial charge is 0.340 e. The largest absolute Gasteiger partial charge is 0.462 e. The average Bonchev–Trinajstić information content (AvgIpc) is 3.52. The van der Waals surface area contributed by atoms with Crippen LogP contribution in [0, 0.1) is 11.8 Å². The van der Waals surface area contributed by atoms with Crippen LogP contribution in [0.2, 0.25) is 0 Å². The van der Waals surface area contributed by atoms with E-state index in [1.807, 2.05) is 11.8 Å². The maximum atomic E-state index is 12.8. The number of anilines is 1. The number of carbonyl (C=O) groups is 3. The maximum absolute atomic E-state index is 12.8. The van der Waals surface area contributed by atoms with Crippen molar-refractivity contribution in [1.82, 2.24) is 4.90 Å². The van der Waals surface area contributed by atoms with Crippen molar-refractivity contribution in [3.05, 3.63) is 28.2 Å². The number of ether oxygens (including phenoxy) is 1. The lowest BCUT2D eigenvalue weighted by atomic mass is 9.96. The first-order valence-electron chi connectivity index (χ1n) is 9.56. The summed E-state index contributed by atoms with van der Waals surface area (Å²) in [6.07, 6.45) is 4.23. The Morgan fingerprint density at radius 2 is 2.00 bits per heavy atom. The van der Waals surface area contributed by atoms with E-state index in [9.17, 15) is 14.4 Å². The quantitative estimate of drug-likeness (QED) is 0.691. The molecule has 7 heteroatoms. The summed E-state index contributed by atoms with van der Waals surface area (Å²) < 4.78 is 5.96. The third kappa shape index (κ3) is 5.09. The number of carbonyl (C=O) groups excluding carboxylic acids is 3. The highest BCUT2D eigenvalue weighted by atomic mass is 79.9. The summed E-state index contributed by atoms with van der Waals surface area (Å²) in [5.74, 6) is -0.527. The molecular weight excluding hydrogens is 412 g/mol. The minimum Gasteiger partial charge on any atom is -0.462 e. The number of esters is 1. The van der Waals surface area contributed by atoms with Crippen molar-refractivity contribution >= 4 is 39.4 Å².